The summed E-state index contributed by atoms with van der Waals surface area (Å²) in [6.45, 7) is 6.51. The normalized spacial score (nSPS) is 19.4. The predicted octanol–water partition coefficient (Wildman–Crippen LogP) is 3.30. The number of nitrogens with zero attached hydrogens (tertiary/aromatic N) is 1. The van der Waals surface area contributed by atoms with E-state index in [1.807, 2.05) is 20.8 Å². The molecule has 0 aliphatic carbocycles. The van der Waals surface area contributed by atoms with Crippen LogP contribution in [-0.2, 0) is 10.0 Å². The molecule has 3 rings (SSSR count). The van der Waals surface area contributed by atoms with Gasteiger partial charge in [0.1, 0.15) is 17.2 Å². The Hall–Kier alpha value is -2.13. The summed E-state index contributed by atoms with van der Waals surface area (Å²) in [4.78, 5) is 12.6. The predicted molar refractivity (Wildman–Crippen MR) is 110 cm³/mol. The second kappa shape index (κ2) is 8.31. The maximum atomic E-state index is 13.6. The number of carbonyl (C=O) groups excluding carboxylic acids is 1. The summed E-state index contributed by atoms with van der Waals surface area (Å²) < 4.78 is 44.5. The molecule has 1 aliphatic heterocycles. The molecule has 1 aromatic carbocycles. The lowest BCUT2D eigenvalue weighted by Crippen LogP contribution is -2.52. The highest BCUT2D eigenvalue weighted by atomic mass is 32.2. The molecule has 29 heavy (non-hydrogen) atoms. The van der Waals surface area contributed by atoms with E-state index in [0.717, 1.165) is 5.56 Å². The zero-order valence-corrected chi connectivity index (χ0v) is 18.0. The molecule has 2 amide bonds. The van der Waals surface area contributed by atoms with E-state index in [4.69, 9.17) is 4.42 Å². The summed E-state index contributed by atoms with van der Waals surface area (Å²) in [6, 6.07) is 3.32. The number of sulfonamides is 1. The van der Waals surface area contributed by atoms with Gasteiger partial charge in [-0.1, -0.05) is 13.8 Å². The first-order valence-electron chi connectivity index (χ1n) is 9.77. The van der Waals surface area contributed by atoms with Crippen molar-refractivity contribution in [2.75, 3.05) is 19.3 Å². The lowest BCUT2D eigenvalue weighted by molar-refractivity contribution is 0.216. The van der Waals surface area contributed by atoms with E-state index in [2.05, 4.69) is 10.6 Å². The van der Waals surface area contributed by atoms with Crippen LogP contribution < -0.4 is 10.6 Å². The van der Waals surface area contributed by atoms with Gasteiger partial charge in [-0.15, -0.1) is 0 Å². The molecular formula is C20H28FN3O4S. The average Bonchev–Trinajstić information content (AvgIpc) is 2.95. The Morgan fingerprint density at radius 1 is 1.34 bits per heavy atom. The van der Waals surface area contributed by atoms with Crippen molar-refractivity contribution in [1.29, 1.82) is 0 Å². The van der Waals surface area contributed by atoms with Gasteiger partial charge in [0.05, 0.1) is 12.3 Å². The van der Waals surface area contributed by atoms with Crippen LogP contribution in [0.3, 0.4) is 0 Å². The molecule has 7 nitrogen and oxygen atoms in total. The zero-order chi connectivity index (χ0) is 21.3. The highest BCUT2D eigenvalue weighted by molar-refractivity contribution is 7.88. The first-order chi connectivity index (χ1) is 13.6. The van der Waals surface area contributed by atoms with Crippen LogP contribution in [0.4, 0.5) is 9.18 Å². The van der Waals surface area contributed by atoms with E-state index in [9.17, 15) is 17.6 Å². The first-order valence-corrected chi connectivity index (χ1v) is 11.6. The van der Waals surface area contributed by atoms with E-state index < -0.39 is 16.1 Å². The molecule has 160 valence electrons. The number of benzene rings is 1. The molecule has 2 atom stereocenters. The third-order valence-electron chi connectivity index (χ3n) is 5.36. The summed E-state index contributed by atoms with van der Waals surface area (Å²) in [7, 11) is -3.28. The summed E-state index contributed by atoms with van der Waals surface area (Å²) in [6.07, 6.45) is 2.59. The van der Waals surface area contributed by atoms with E-state index in [-0.39, 0.29) is 30.4 Å². The molecule has 1 aliphatic rings. The van der Waals surface area contributed by atoms with Crippen LogP contribution >= 0.6 is 0 Å². The highest BCUT2D eigenvalue weighted by Crippen LogP contribution is 2.33. The van der Waals surface area contributed by atoms with Crippen molar-refractivity contribution in [3.8, 4) is 0 Å². The Bertz CT molecular complexity index is 1000. The van der Waals surface area contributed by atoms with Crippen molar-refractivity contribution in [1.82, 2.24) is 14.9 Å². The second-order valence-corrected chi connectivity index (χ2v) is 10.0. The summed E-state index contributed by atoms with van der Waals surface area (Å²) in [5, 5.41) is 6.51. The van der Waals surface area contributed by atoms with Crippen molar-refractivity contribution in [3.05, 3.63) is 35.3 Å². The number of aryl methyl sites for hydroxylation is 1. The van der Waals surface area contributed by atoms with Crippen molar-refractivity contribution in [2.24, 2.45) is 5.92 Å². The molecule has 2 aromatic rings. The number of rotatable bonds is 5. The van der Waals surface area contributed by atoms with Crippen LogP contribution in [0.5, 0.6) is 0 Å². The number of furan rings is 1. The molecule has 1 unspecified atom stereocenters. The minimum atomic E-state index is -3.28. The number of fused-ring (bicyclic) bond motifs is 1. The quantitative estimate of drug-likeness (QED) is 0.769. The number of amides is 2. The molecular weight excluding hydrogens is 397 g/mol. The van der Waals surface area contributed by atoms with Gasteiger partial charge < -0.3 is 15.1 Å². The first kappa shape index (κ1) is 21.6. The molecule has 1 fully saturated rings. The molecule has 0 radical (unpaired) electrons. The molecule has 2 heterocycles. The fourth-order valence-corrected chi connectivity index (χ4v) is 4.68. The lowest BCUT2D eigenvalue weighted by Gasteiger charge is -2.32. The summed E-state index contributed by atoms with van der Waals surface area (Å²) in [5.41, 5.74) is 1.36. The molecule has 0 spiro atoms. The van der Waals surface area contributed by atoms with Gasteiger partial charge in [-0.05, 0) is 43.9 Å². The van der Waals surface area contributed by atoms with E-state index >= 15 is 0 Å². The van der Waals surface area contributed by atoms with Gasteiger partial charge in [-0.3, -0.25) is 0 Å². The van der Waals surface area contributed by atoms with Crippen molar-refractivity contribution >= 4 is 27.0 Å². The van der Waals surface area contributed by atoms with Crippen LogP contribution in [0.2, 0.25) is 0 Å². The Morgan fingerprint density at radius 3 is 2.72 bits per heavy atom. The van der Waals surface area contributed by atoms with Crippen molar-refractivity contribution < 1.29 is 22.0 Å². The smallest absolute Gasteiger partial charge is 0.315 e. The monoisotopic (exact) mass is 425 g/mol. The topological polar surface area (TPSA) is 91.7 Å². The van der Waals surface area contributed by atoms with Crippen LogP contribution in [-0.4, -0.2) is 44.1 Å². The summed E-state index contributed by atoms with van der Waals surface area (Å²) in [5.74, 6) is 0.286. The van der Waals surface area contributed by atoms with Crippen LogP contribution in [0, 0.1) is 18.7 Å². The van der Waals surface area contributed by atoms with Crippen LogP contribution in [0.15, 0.2) is 22.6 Å². The van der Waals surface area contributed by atoms with Gasteiger partial charge in [0.15, 0.2) is 0 Å². The van der Waals surface area contributed by atoms with Gasteiger partial charge in [0, 0.05) is 30.1 Å². The van der Waals surface area contributed by atoms with Crippen LogP contribution in [0.1, 0.15) is 44.1 Å². The maximum absolute atomic E-state index is 13.6. The van der Waals surface area contributed by atoms with Gasteiger partial charge in [0.25, 0.3) is 0 Å². The molecule has 2 N–H and O–H groups in total. The Balaban J connectivity index is 1.74. The molecule has 9 heteroatoms. The number of urea groups is 1. The van der Waals surface area contributed by atoms with Gasteiger partial charge in [-0.2, -0.15) is 0 Å². The van der Waals surface area contributed by atoms with Gasteiger partial charge >= 0.3 is 6.03 Å². The molecule has 1 saturated heterocycles. The minimum absolute atomic E-state index is 0.0312. The molecule has 0 bridgehead atoms. The fourth-order valence-electron chi connectivity index (χ4n) is 3.77. The maximum Gasteiger partial charge on any atom is 0.315 e. The van der Waals surface area contributed by atoms with Gasteiger partial charge in [-0.25, -0.2) is 21.9 Å². The molecule has 0 saturated carbocycles. The fraction of sp³-hybridized carbons (Fsp3) is 0.550. The summed E-state index contributed by atoms with van der Waals surface area (Å²) >= 11 is 0. The number of hydrogen-bond donors (Lipinski definition) is 2. The average molecular weight is 426 g/mol. The number of hydrogen-bond acceptors (Lipinski definition) is 4. The largest absolute Gasteiger partial charge is 0.459 e. The Kier molecular flexibility index (Phi) is 6.19. The zero-order valence-electron chi connectivity index (χ0n) is 17.2. The van der Waals surface area contributed by atoms with E-state index in [1.165, 1.54) is 22.7 Å². The number of piperidine rings is 1. The minimum Gasteiger partial charge on any atom is -0.459 e. The lowest BCUT2D eigenvalue weighted by atomic mass is 9.98. The molecule has 1 aromatic heterocycles. The Labute approximate surface area is 170 Å². The second-order valence-electron chi connectivity index (χ2n) is 8.03. The van der Waals surface area contributed by atoms with Crippen LogP contribution in [0.25, 0.3) is 11.0 Å². The highest BCUT2D eigenvalue weighted by Gasteiger charge is 2.29. The van der Waals surface area contributed by atoms with E-state index in [1.54, 1.807) is 6.07 Å². The van der Waals surface area contributed by atoms with Crippen molar-refractivity contribution in [3.63, 3.8) is 0 Å². The third-order valence-corrected chi connectivity index (χ3v) is 6.63. The SMILES string of the molecule is Cc1c(C(NC(=O)N[C@@H]2CCCN(S(C)(=O)=O)C2)C(C)C)oc2ccc(F)cc12. The van der Waals surface area contributed by atoms with Crippen molar-refractivity contribution in [2.45, 2.75) is 45.7 Å². The Morgan fingerprint density at radius 2 is 2.07 bits per heavy atom. The third kappa shape index (κ3) is 4.90. The number of nitrogens with one attached hydrogen (secondary N) is 2. The van der Waals surface area contributed by atoms with E-state index in [0.29, 0.717) is 36.1 Å². The number of halogens is 1. The standard InChI is InChI=1S/C20H28FN3O4S/c1-12(2)18(19-13(3)16-10-14(21)7-8-17(16)28-19)23-20(25)22-15-6-5-9-24(11-15)29(4,26)27/h7-8,10,12,15,18H,5-6,9,11H2,1-4H3,(H2,22,23,25)/t15-,18?/m1/s1. The number of carbonyl (C=O) groups is 1. The van der Waals surface area contributed by atoms with Gasteiger partial charge in [0.2, 0.25) is 10.0 Å².